The molecule has 0 atom stereocenters. The minimum atomic E-state index is -0.278. The lowest BCUT2D eigenvalue weighted by Gasteiger charge is -2.32. The van der Waals surface area contributed by atoms with Gasteiger partial charge in [0, 0.05) is 28.5 Å². The molecule has 0 radical (unpaired) electrons. The molecule has 2 amide bonds. The minimum Gasteiger partial charge on any atom is -0.346 e. The molecule has 2 heterocycles. The third kappa shape index (κ3) is 3.27. The minimum absolute atomic E-state index is 0.0126. The van der Waals surface area contributed by atoms with Gasteiger partial charge in [-0.15, -0.1) is 11.3 Å². The van der Waals surface area contributed by atoms with E-state index in [0.29, 0.717) is 18.5 Å². The van der Waals surface area contributed by atoms with Crippen LogP contribution in [-0.4, -0.2) is 16.8 Å². The van der Waals surface area contributed by atoms with Gasteiger partial charge < -0.3 is 10.6 Å². The van der Waals surface area contributed by atoms with Crippen LogP contribution in [0.3, 0.4) is 0 Å². The Morgan fingerprint density at radius 3 is 2.91 bits per heavy atom. The first-order valence-electron chi connectivity index (χ1n) is 7.49. The summed E-state index contributed by atoms with van der Waals surface area (Å²) < 4.78 is 0. The predicted octanol–water partition coefficient (Wildman–Crippen LogP) is 3.00. The molecule has 0 fully saturated rings. The summed E-state index contributed by atoms with van der Waals surface area (Å²) in [5.41, 5.74) is 2.97. The number of fused-ring (bicyclic) bond motifs is 1. The summed E-state index contributed by atoms with van der Waals surface area (Å²) in [5, 5.41) is 8.68. The molecule has 1 aromatic heterocycles. The van der Waals surface area contributed by atoms with Gasteiger partial charge in [-0.25, -0.2) is 4.98 Å². The molecular weight excluding hydrogens is 310 g/mol. The SMILES string of the molecule is Cc1nc(CNC(=O)c2ccc3c(c2)C(C)(C)CC(=O)N3)cs1. The highest BCUT2D eigenvalue weighted by Gasteiger charge is 2.32. The van der Waals surface area contributed by atoms with Gasteiger partial charge in [0.15, 0.2) is 0 Å². The van der Waals surface area contributed by atoms with E-state index in [0.717, 1.165) is 22.0 Å². The number of nitrogens with one attached hydrogen (secondary N) is 2. The third-order valence-corrected chi connectivity index (χ3v) is 4.81. The monoisotopic (exact) mass is 329 g/mol. The van der Waals surface area contributed by atoms with Crippen LogP contribution in [-0.2, 0) is 16.8 Å². The van der Waals surface area contributed by atoms with Crippen molar-refractivity contribution in [2.75, 3.05) is 5.32 Å². The van der Waals surface area contributed by atoms with Crippen molar-refractivity contribution in [2.45, 2.75) is 39.2 Å². The van der Waals surface area contributed by atoms with Crippen LogP contribution in [0.15, 0.2) is 23.6 Å². The molecule has 0 spiro atoms. The lowest BCUT2D eigenvalue weighted by molar-refractivity contribution is -0.117. The maximum atomic E-state index is 12.4. The van der Waals surface area contributed by atoms with Crippen LogP contribution >= 0.6 is 11.3 Å². The highest BCUT2D eigenvalue weighted by molar-refractivity contribution is 7.09. The molecule has 1 aromatic carbocycles. The largest absolute Gasteiger partial charge is 0.346 e. The van der Waals surface area contributed by atoms with E-state index >= 15 is 0 Å². The number of hydrogen-bond acceptors (Lipinski definition) is 4. The fourth-order valence-corrected chi connectivity index (χ4v) is 3.42. The molecule has 0 unspecified atom stereocenters. The average molecular weight is 329 g/mol. The van der Waals surface area contributed by atoms with Crippen LogP contribution < -0.4 is 10.6 Å². The van der Waals surface area contributed by atoms with Gasteiger partial charge in [-0.05, 0) is 30.7 Å². The Hall–Kier alpha value is -2.21. The fourth-order valence-electron chi connectivity index (χ4n) is 2.81. The Labute approximate surface area is 139 Å². The van der Waals surface area contributed by atoms with Crippen LogP contribution in [0, 0.1) is 6.92 Å². The summed E-state index contributed by atoms with van der Waals surface area (Å²) in [5.74, 6) is -0.121. The highest BCUT2D eigenvalue weighted by Crippen LogP contribution is 2.37. The van der Waals surface area contributed by atoms with E-state index in [1.807, 2.05) is 32.2 Å². The van der Waals surface area contributed by atoms with Gasteiger partial charge in [0.05, 0.1) is 17.2 Å². The lowest BCUT2D eigenvalue weighted by Crippen LogP contribution is -2.33. The van der Waals surface area contributed by atoms with E-state index in [4.69, 9.17) is 0 Å². The Balaban J connectivity index is 1.78. The summed E-state index contributed by atoms with van der Waals surface area (Å²) in [6.07, 6.45) is 0.420. The van der Waals surface area contributed by atoms with Crippen molar-refractivity contribution >= 4 is 28.8 Å². The van der Waals surface area contributed by atoms with Crippen LogP contribution in [0.1, 0.15) is 46.9 Å². The average Bonchev–Trinajstić information content (AvgIpc) is 2.89. The Bertz CT molecular complexity index is 780. The molecule has 0 aliphatic carbocycles. The molecule has 1 aliphatic heterocycles. The maximum absolute atomic E-state index is 12.4. The molecule has 6 heteroatoms. The molecule has 1 aliphatic rings. The second-order valence-electron chi connectivity index (χ2n) is 6.41. The highest BCUT2D eigenvalue weighted by atomic mass is 32.1. The van der Waals surface area contributed by atoms with Crippen LogP contribution in [0.4, 0.5) is 5.69 Å². The molecule has 2 N–H and O–H groups in total. The van der Waals surface area contributed by atoms with Gasteiger partial charge in [-0.2, -0.15) is 0 Å². The number of rotatable bonds is 3. The Morgan fingerprint density at radius 1 is 1.43 bits per heavy atom. The zero-order chi connectivity index (χ0) is 16.6. The van der Waals surface area contributed by atoms with Crippen molar-refractivity contribution < 1.29 is 9.59 Å². The summed E-state index contributed by atoms with van der Waals surface area (Å²) in [6, 6.07) is 5.41. The number of aromatic nitrogens is 1. The summed E-state index contributed by atoms with van der Waals surface area (Å²) in [6.45, 7) is 6.39. The van der Waals surface area contributed by atoms with Gasteiger partial charge in [0.2, 0.25) is 5.91 Å². The van der Waals surface area contributed by atoms with Gasteiger partial charge in [-0.3, -0.25) is 9.59 Å². The molecule has 0 bridgehead atoms. The number of anilines is 1. The van der Waals surface area contributed by atoms with Crippen LogP contribution in [0.2, 0.25) is 0 Å². The molecule has 120 valence electrons. The van der Waals surface area contributed by atoms with Crippen molar-refractivity contribution in [3.8, 4) is 0 Å². The van der Waals surface area contributed by atoms with Gasteiger partial charge in [0.1, 0.15) is 0 Å². The molecule has 5 nitrogen and oxygen atoms in total. The van der Waals surface area contributed by atoms with E-state index in [9.17, 15) is 9.59 Å². The predicted molar refractivity (Wildman–Crippen MR) is 90.7 cm³/mol. The van der Waals surface area contributed by atoms with Gasteiger partial charge in [-0.1, -0.05) is 13.8 Å². The topological polar surface area (TPSA) is 71.1 Å². The molecule has 3 rings (SSSR count). The summed E-state index contributed by atoms with van der Waals surface area (Å²) in [7, 11) is 0. The first-order chi connectivity index (χ1) is 10.8. The first kappa shape index (κ1) is 15.7. The third-order valence-electron chi connectivity index (χ3n) is 3.98. The van der Waals surface area contributed by atoms with E-state index in [1.165, 1.54) is 0 Å². The van der Waals surface area contributed by atoms with Crippen molar-refractivity contribution in [3.63, 3.8) is 0 Å². The van der Waals surface area contributed by atoms with E-state index in [1.54, 1.807) is 23.5 Å². The fraction of sp³-hybridized carbons (Fsp3) is 0.353. The van der Waals surface area contributed by atoms with E-state index in [-0.39, 0.29) is 17.2 Å². The van der Waals surface area contributed by atoms with Crippen LogP contribution in [0.5, 0.6) is 0 Å². The zero-order valence-corrected chi connectivity index (χ0v) is 14.2. The zero-order valence-electron chi connectivity index (χ0n) is 13.4. The smallest absolute Gasteiger partial charge is 0.251 e. The van der Waals surface area contributed by atoms with Crippen molar-refractivity contribution in [3.05, 3.63) is 45.4 Å². The number of carbonyl (C=O) groups excluding carboxylic acids is 2. The summed E-state index contributed by atoms with van der Waals surface area (Å²) in [4.78, 5) is 28.4. The lowest BCUT2D eigenvalue weighted by atomic mass is 9.77. The molecule has 2 aromatic rings. The maximum Gasteiger partial charge on any atom is 0.251 e. The number of aryl methyl sites for hydroxylation is 1. The standard InChI is InChI=1S/C17H19N3O2S/c1-10-19-12(9-23-10)8-18-16(22)11-4-5-14-13(6-11)17(2,3)7-15(21)20-14/h4-6,9H,7-8H2,1-3H3,(H,18,22)(H,20,21). The van der Waals surface area contributed by atoms with Crippen molar-refractivity contribution in [1.29, 1.82) is 0 Å². The number of benzene rings is 1. The van der Waals surface area contributed by atoms with Crippen molar-refractivity contribution in [1.82, 2.24) is 10.3 Å². The van der Waals surface area contributed by atoms with Crippen LogP contribution in [0.25, 0.3) is 0 Å². The van der Waals surface area contributed by atoms with E-state index < -0.39 is 0 Å². The Morgan fingerprint density at radius 2 is 2.22 bits per heavy atom. The molecule has 0 saturated carbocycles. The van der Waals surface area contributed by atoms with Gasteiger partial charge >= 0.3 is 0 Å². The second kappa shape index (κ2) is 5.77. The number of amides is 2. The van der Waals surface area contributed by atoms with Crippen molar-refractivity contribution in [2.24, 2.45) is 0 Å². The first-order valence-corrected chi connectivity index (χ1v) is 8.37. The number of carbonyl (C=O) groups is 2. The Kier molecular flexibility index (Phi) is 3.93. The number of thiazole rings is 1. The number of hydrogen-bond donors (Lipinski definition) is 2. The molecule has 23 heavy (non-hydrogen) atoms. The molecule has 0 saturated heterocycles. The summed E-state index contributed by atoms with van der Waals surface area (Å²) >= 11 is 1.57. The molecular formula is C17H19N3O2S. The van der Waals surface area contributed by atoms with Gasteiger partial charge in [0.25, 0.3) is 5.91 Å². The quantitative estimate of drug-likeness (QED) is 0.909. The number of nitrogens with zero attached hydrogens (tertiary/aromatic N) is 1. The normalized spacial score (nSPS) is 15.7. The second-order valence-corrected chi connectivity index (χ2v) is 7.47. The van der Waals surface area contributed by atoms with E-state index in [2.05, 4.69) is 15.6 Å².